The van der Waals surface area contributed by atoms with Crippen molar-refractivity contribution in [3.63, 3.8) is 0 Å². The molecule has 6 nitrogen and oxygen atoms in total. The number of aromatic nitrogens is 5. The van der Waals surface area contributed by atoms with Gasteiger partial charge in [-0.1, -0.05) is 0 Å². The lowest BCUT2D eigenvalue weighted by molar-refractivity contribution is -0.141. The molecule has 0 bridgehead atoms. The molecule has 210 valence electrons. The first-order valence-electron chi connectivity index (χ1n) is 12.7. The summed E-state index contributed by atoms with van der Waals surface area (Å²) in [5.41, 5.74) is -2.61. The van der Waals surface area contributed by atoms with Crippen LogP contribution in [0, 0.1) is 12.7 Å². The number of hydrogen-bond donors (Lipinski definition) is 0. The van der Waals surface area contributed by atoms with Crippen LogP contribution < -0.4 is 0 Å². The Hall–Kier alpha value is -3.61. The highest BCUT2D eigenvalue weighted by atomic mass is 19.4. The summed E-state index contributed by atoms with van der Waals surface area (Å²) in [5.74, 6) is -1.53. The summed E-state index contributed by atoms with van der Waals surface area (Å²) in [6.07, 6.45) is -3.16. The van der Waals surface area contributed by atoms with Crippen LogP contribution in [-0.2, 0) is 17.1 Å². The first-order valence-corrected chi connectivity index (χ1v) is 12.7. The Labute approximate surface area is 223 Å². The van der Waals surface area contributed by atoms with E-state index in [0.717, 1.165) is 31.4 Å². The lowest BCUT2D eigenvalue weighted by atomic mass is 9.89. The molecular formula is C27H22F7N5O. The minimum Gasteiger partial charge on any atom is -0.373 e. The van der Waals surface area contributed by atoms with Crippen LogP contribution in [-0.4, -0.2) is 31.3 Å². The summed E-state index contributed by atoms with van der Waals surface area (Å²) in [6.45, 7) is 1.53. The van der Waals surface area contributed by atoms with Crippen molar-refractivity contribution >= 4 is 11.0 Å². The lowest BCUT2D eigenvalue weighted by Gasteiger charge is -2.29. The number of pyridine rings is 1. The van der Waals surface area contributed by atoms with Crippen molar-refractivity contribution in [3.05, 3.63) is 70.7 Å². The maximum absolute atomic E-state index is 15.1. The first-order chi connectivity index (χ1) is 18.9. The zero-order valence-electron chi connectivity index (χ0n) is 21.0. The zero-order chi connectivity index (χ0) is 28.4. The standard InChI is InChI=1S/C27H22F7N5O/c1-13-25(27(32,33)34)38-24-21(36-13)10-20(37-23(24)18-5-2-16(9-19(18)28)26(29,30)31)14-6-7-40-22(8-14)15-11-35-39(12-15)17-3-4-17/h2,5,9-12,14,17,22H,3-4,6-8H2,1H3/t14-,22+/m0/s1. The van der Waals surface area contributed by atoms with Crippen molar-refractivity contribution in [1.29, 1.82) is 0 Å². The first kappa shape index (κ1) is 26.6. The van der Waals surface area contributed by atoms with Crippen LogP contribution in [0.1, 0.15) is 72.0 Å². The molecule has 1 aromatic carbocycles. The van der Waals surface area contributed by atoms with Crippen molar-refractivity contribution in [1.82, 2.24) is 24.7 Å². The van der Waals surface area contributed by atoms with E-state index in [1.54, 1.807) is 6.20 Å². The quantitative estimate of drug-likeness (QED) is 0.242. The van der Waals surface area contributed by atoms with E-state index in [4.69, 9.17) is 4.74 Å². The molecule has 0 unspecified atom stereocenters. The molecule has 1 aliphatic heterocycles. The van der Waals surface area contributed by atoms with Gasteiger partial charge in [-0.25, -0.2) is 19.3 Å². The number of ether oxygens (including phenoxy) is 1. The van der Waals surface area contributed by atoms with Gasteiger partial charge in [0.25, 0.3) is 0 Å². The molecule has 40 heavy (non-hydrogen) atoms. The number of rotatable bonds is 4. The third kappa shape index (κ3) is 5.02. The second kappa shape index (κ2) is 9.50. The molecule has 0 radical (unpaired) electrons. The third-order valence-corrected chi connectivity index (χ3v) is 7.28. The number of nitrogens with zero attached hydrogens (tertiary/aromatic N) is 5. The highest BCUT2D eigenvalue weighted by molar-refractivity contribution is 5.90. The normalized spacial score (nSPS) is 20.3. The van der Waals surface area contributed by atoms with Crippen LogP contribution in [0.4, 0.5) is 30.7 Å². The van der Waals surface area contributed by atoms with Gasteiger partial charge in [-0.15, -0.1) is 0 Å². The van der Waals surface area contributed by atoms with E-state index >= 15 is 4.39 Å². The number of halogens is 7. The van der Waals surface area contributed by atoms with E-state index in [0.29, 0.717) is 43.3 Å². The maximum Gasteiger partial charge on any atom is 0.435 e. The molecule has 4 heterocycles. The molecule has 1 aliphatic carbocycles. The smallest absolute Gasteiger partial charge is 0.373 e. The minimum absolute atomic E-state index is 0.0365. The molecule has 0 N–H and O–H groups in total. The lowest BCUT2D eigenvalue weighted by Crippen LogP contribution is -2.20. The summed E-state index contributed by atoms with van der Waals surface area (Å²) in [6, 6.07) is 3.72. The number of benzene rings is 1. The van der Waals surface area contributed by atoms with Crippen LogP contribution in [0.15, 0.2) is 36.7 Å². The van der Waals surface area contributed by atoms with Crippen LogP contribution >= 0.6 is 0 Å². The Morgan fingerprint density at radius 1 is 0.950 bits per heavy atom. The van der Waals surface area contributed by atoms with E-state index in [1.165, 1.54) is 6.07 Å². The molecule has 4 aromatic rings. The number of fused-ring (bicyclic) bond motifs is 1. The Kier molecular flexibility index (Phi) is 6.32. The van der Waals surface area contributed by atoms with Gasteiger partial charge in [0, 0.05) is 35.5 Å². The molecule has 0 spiro atoms. The third-order valence-electron chi connectivity index (χ3n) is 7.28. The molecule has 13 heteroatoms. The van der Waals surface area contributed by atoms with Gasteiger partial charge in [0.15, 0.2) is 5.69 Å². The molecule has 2 fully saturated rings. The average Bonchev–Trinajstić information content (AvgIpc) is 3.62. The molecular weight excluding hydrogens is 543 g/mol. The topological polar surface area (TPSA) is 65.7 Å². The molecule has 1 saturated carbocycles. The van der Waals surface area contributed by atoms with Crippen LogP contribution in [0.5, 0.6) is 0 Å². The summed E-state index contributed by atoms with van der Waals surface area (Å²) in [5, 5.41) is 4.41. The predicted octanol–water partition coefficient (Wildman–Crippen LogP) is 7.34. The van der Waals surface area contributed by atoms with E-state index in [9.17, 15) is 26.3 Å². The Balaban J connectivity index is 1.45. The SMILES string of the molecule is Cc1nc2cc([C@H]3CCO[C@@H](c4cnn(C5CC5)c4)C3)nc(-c3ccc(C(F)(F)F)cc3F)c2nc1C(F)(F)F. The monoisotopic (exact) mass is 565 g/mol. The second-order valence-electron chi connectivity index (χ2n) is 10.2. The Morgan fingerprint density at radius 3 is 2.40 bits per heavy atom. The number of aryl methyl sites for hydroxylation is 1. The van der Waals surface area contributed by atoms with Gasteiger partial charge < -0.3 is 4.74 Å². The molecule has 6 rings (SSSR count). The molecule has 0 amide bonds. The van der Waals surface area contributed by atoms with Crippen molar-refractivity contribution in [2.24, 2.45) is 0 Å². The highest BCUT2D eigenvalue weighted by Gasteiger charge is 2.37. The summed E-state index contributed by atoms with van der Waals surface area (Å²) in [4.78, 5) is 12.3. The molecule has 1 saturated heterocycles. The van der Waals surface area contributed by atoms with E-state index in [1.807, 2.05) is 10.9 Å². The number of hydrogen-bond acceptors (Lipinski definition) is 5. The van der Waals surface area contributed by atoms with Gasteiger partial charge in [-0.3, -0.25) is 4.68 Å². The van der Waals surface area contributed by atoms with Crippen molar-refractivity contribution < 1.29 is 35.5 Å². The molecule has 3 aromatic heterocycles. The van der Waals surface area contributed by atoms with Gasteiger partial charge >= 0.3 is 12.4 Å². The van der Waals surface area contributed by atoms with Gasteiger partial charge in [0.1, 0.15) is 17.0 Å². The predicted molar refractivity (Wildman–Crippen MR) is 129 cm³/mol. The highest BCUT2D eigenvalue weighted by Crippen LogP contribution is 2.42. The maximum atomic E-state index is 15.1. The Morgan fingerprint density at radius 2 is 1.73 bits per heavy atom. The minimum atomic E-state index is -4.85. The van der Waals surface area contributed by atoms with Crippen molar-refractivity contribution in [2.75, 3.05) is 6.61 Å². The average molecular weight is 565 g/mol. The van der Waals surface area contributed by atoms with E-state index < -0.39 is 35.0 Å². The fourth-order valence-corrected chi connectivity index (χ4v) is 5.07. The van der Waals surface area contributed by atoms with Crippen LogP contribution in [0.25, 0.3) is 22.3 Å². The summed E-state index contributed by atoms with van der Waals surface area (Å²) in [7, 11) is 0. The van der Waals surface area contributed by atoms with E-state index in [2.05, 4.69) is 20.1 Å². The Bertz CT molecular complexity index is 1590. The number of alkyl halides is 6. The van der Waals surface area contributed by atoms with Gasteiger partial charge in [-0.05, 0) is 56.9 Å². The van der Waals surface area contributed by atoms with Gasteiger partial charge in [0.05, 0.1) is 35.1 Å². The van der Waals surface area contributed by atoms with Crippen molar-refractivity contribution in [3.8, 4) is 11.3 Å². The largest absolute Gasteiger partial charge is 0.435 e. The summed E-state index contributed by atoms with van der Waals surface area (Å²) < 4.78 is 103. The molecule has 2 atom stereocenters. The van der Waals surface area contributed by atoms with Gasteiger partial charge in [-0.2, -0.15) is 31.4 Å². The van der Waals surface area contributed by atoms with Crippen LogP contribution in [0.2, 0.25) is 0 Å². The zero-order valence-corrected chi connectivity index (χ0v) is 21.0. The fraction of sp³-hybridized carbons (Fsp3) is 0.407. The van der Waals surface area contributed by atoms with E-state index in [-0.39, 0.29) is 34.4 Å². The molecule has 2 aliphatic rings. The van der Waals surface area contributed by atoms with Gasteiger partial charge in [0.2, 0.25) is 0 Å². The second-order valence-corrected chi connectivity index (χ2v) is 10.2. The van der Waals surface area contributed by atoms with Crippen molar-refractivity contribution in [2.45, 2.75) is 63.0 Å². The summed E-state index contributed by atoms with van der Waals surface area (Å²) >= 11 is 0. The fourth-order valence-electron chi connectivity index (χ4n) is 5.07. The van der Waals surface area contributed by atoms with Crippen LogP contribution in [0.3, 0.4) is 0 Å².